The molecular weight excluding hydrogens is 290 g/mol. The molecule has 1 aromatic rings. The maximum atomic E-state index is 12.4. The minimum absolute atomic E-state index is 0.0179. The molecule has 1 atom stereocenters. The van der Waals surface area contributed by atoms with Crippen molar-refractivity contribution < 1.29 is 9.59 Å². The lowest BCUT2D eigenvalue weighted by Gasteiger charge is -2.21. The lowest BCUT2D eigenvalue weighted by atomic mass is 10.0. The number of hydrogen-bond acceptors (Lipinski definition) is 3. The van der Waals surface area contributed by atoms with Crippen LogP contribution in [0.3, 0.4) is 0 Å². The van der Waals surface area contributed by atoms with Gasteiger partial charge in [0.15, 0.2) is 0 Å². The molecule has 116 valence electrons. The van der Waals surface area contributed by atoms with Gasteiger partial charge in [0.1, 0.15) is 6.04 Å². The molecule has 21 heavy (non-hydrogen) atoms. The summed E-state index contributed by atoms with van der Waals surface area (Å²) in [6.45, 7) is 6.38. The minimum atomic E-state index is -0.587. The Morgan fingerprint density at radius 3 is 2.48 bits per heavy atom. The third kappa shape index (κ3) is 4.63. The maximum absolute atomic E-state index is 12.4. The van der Waals surface area contributed by atoms with Crippen LogP contribution in [0, 0.1) is 5.92 Å². The molecule has 0 radical (unpaired) electrons. The predicted molar refractivity (Wildman–Crippen MR) is 85.8 cm³/mol. The van der Waals surface area contributed by atoms with Crippen LogP contribution in [-0.4, -0.2) is 31.4 Å². The van der Waals surface area contributed by atoms with Crippen LogP contribution in [-0.2, 0) is 4.79 Å². The van der Waals surface area contributed by atoms with E-state index in [2.05, 4.69) is 16.0 Å². The molecule has 1 rings (SSSR count). The fourth-order valence-electron chi connectivity index (χ4n) is 1.96. The highest BCUT2D eigenvalue weighted by Crippen LogP contribution is 2.21. The number of carbonyl (C=O) groups excluding carboxylic acids is 2. The van der Waals surface area contributed by atoms with Gasteiger partial charge >= 0.3 is 0 Å². The van der Waals surface area contributed by atoms with Crippen molar-refractivity contribution in [3.8, 4) is 0 Å². The number of hydrogen-bond donors (Lipinski definition) is 3. The van der Waals surface area contributed by atoms with E-state index in [-0.39, 0.29) is 17.7 Å². The van der Waals surface area contributed by atoms with E-state index >= 15 is 0 Å². The van der Waals surface area contributed by atoms with Crippen LogP contribution in [0.5, 0.6) is 0 Å². The van der Waals surface area contributed by atoms with Crippen LogP contribution in [0.4, 0.5) is 5.69 Å². The molecule has 0 heterocycles. The summed E-state index contributed by atoms with van der Waals surface area (Å²) in [5.41, 5.74) is 1.12. The SMILES string of the molecule is CCNc1ccc(Cl)cc1C(=O)N[C@@H](C(=O)NC)C(C)C. The van der Waals surface area contributed by atoms with Crippen LogP contribution in [0.1, 0.15) is 31.1 Å². The van der Waals surface area contributed by atoms with Gasteiger partial charge in [-0.25, -0.2) is 0 Å². The lowest BCUT2D eigenvalue weighted by molar-refractivity contribution is -0.123. The standard InChI is InChI=1S/C15H22ClN3O2/c1-5-18-12-7-6-10(16)8-11(12)14(20)19-13(9(2)3)15(21)17-4/h6-9,13,18H,5H2,1-4H3,(H,17,21)(H,19,20)/t13-/m1/s1. The molecule has 0 aliphatic heterocycles. The van der Waals surface area contributed by atoms with E-state index in [9.17, 15) is 9.59 Å². The van der Waals surface area contributed by atoms with E-state index in [1.807, 2.05) is 20.8 Å². The maximum Gasteiger partial charge on any atom is 0.254 e. The first-order chi connectivity index (χ1) is 9.90. The Hall–Kier alpha value is -1.75. The van der Waals surface area contributed by atoms with Crippen LogP contribution in [0.2, 0.25) is 5.02 Å². The zero-order valence-electron chi connectivity index (χ0n) is 12.8. The first kappa shape index (κ1) is 17.3. The largest absolute Gasteiger partial charge is 0.385 e. The highest BCUT2D eigenvalue weighted by Gasteiger charge is 2.24. The second kappa shape index (κ2) is 7.88. The molecule has 5 nitrogen and oxygen atoms in total. The number of rotatable bonds is 6. The molecule has 0 saturated carbocycles. The van der Waals surface area contributed by atoms with Crippen molar-refractivity contribution in [1.82, 2.24) is 10.6 Å². The van der Waals surface area contributed by atoms with Crippen LogP contribution in [0.15, 0.2) is 18.2 Å². The molecule has 0 saturated heterocycles. The van der Waals surface area contributed by atoms with Gasteiger partial charge in [-0.15, -0.1) is 0 Å². The van der Waals surface area contributed by atoms with Gasteiger partial charge in [-0.1, -0.05) is 25.4 Å². The number of halogens is 1. The smallest absolute Gasteiger partial charge is 0.254 e. The van der Waals surface area contributed by atoms with Crippen LogP contribution in [0.25, 0.3) is 0 Å². The fraction of sp³-hybridized carbons (Fsp3) is 0.467. The zero-order valence-corrected chi connectivity index (χ0v) is 13.5. The molecular formula is C15H22ClN3O2. The fourth-order valence-corrected chi connectivity index (χ4v) is 2.13. The van der Waals surface area contributed by atoms with Gasteiger partial charge in [0.25, 0.3) is 5.91 Å². The molecule has 0 aromatic heterocycles. The highest BCUT2D eigenvalue weighted by atomic mass is 35.5. The molecule has 0 bridgehead atoms. The van der Waals surface area contributed by atoms with Crippen molar-refractivity contribution in [3.05, 3.63) is 28.8 Å². The highest BCUT2D eigenvalue weighted by molar-refractivity contribution is 6.31. The van der Waals surface area contributed by atoms with Gasteiger partial charge in [0, 0.05) is 24.3 Å². The summed E-state index contributed by atoms with van der Waals surface area (Å²) < 4.78 is 0. The Morgan fingerprint density at radius 2 is 1.95 bits per heavy atom. The van der Waals surface area contributed by atoms with Crippen molar-refractivity contribution in [1.29, 1.82) is 0 Å². The number of anilines is 1. The molecule has 6 heteroatoms. The number of carbonyl (C=O) groups is 2. The summed E-state index contributed by atoms with van der Waals surface area (Å²) in [5, 5.41) is 8.90. The van der Waals surface area contributed by atoms with Gasteiger partial charge in [0.2, 0.25) is 5.91 Å². The monoisotopic (exact) mass is 311 g/mol. The van der Waals surface area contributed by atoms with Crippen molar-refractivity contribution >= 4 is 29.1 Å². The second-order valence-corrected chi connectivity index (χ2v) is 5.47. The molecule has 0 aliphatic rings. The minimum Gasteiger partial charge on any atom is -0.385 e. The summed E-state index contributed by atoms with van der Waals surface area (Å²) in [6, 6.07) is 4.48. The Balaban J connectivity index is 3.01. The van der Waals surface area contributed by atoms with Gasteiger partial charge in [-0.2, -0.15) is 0 Å². The van der Waals surface area contributed by atoms with Gasteiger partial charge in [-0.05, 0) is 31.0 Å². The van der Waals surface area contributed by atoms with Crippen molar-refractivity contribution in [2.24, 2.45) is 5.92 Å². The molecule has 2 amide bonds. The van der Waals surface area contributed by atoms with E-state index in [4.69, 9.17) is 11.6 Å². The average molecular weight is 312 g/mol. The van der Waals surface area contributed by atoms with E-state index in [0.717, 1.165) is 0 Å². The molecule has 0 spiro atoms. The molecule has 0 unspecified atom stereocenters. The third-order valence-corrected chi connectivity index (χ3v) is 3.31. The number of nitrogens with one attached hydrogen (secondary N) is 3. The van der Waals surface area contributed by atoms with Crippen LogP contribution >= 0.6 is 11.6 Å². The summed E-state index contributed by atoms with van der Waals surface area (Å²) >= 11 is 5.96. The van der Waals surface area contributed by atoms with Crippen LogP contribution < -0.4 is 16.0 Å². The quantitative estimate of drug-likeness (QED) is 0.755. The predicted octanol–water partition coefficient (Wildman–Crippen LogP) is 2.27. The van der Waals surface area contributed by atoms with E-state index in [0.29, 0.717) is 22.8 Å². The Labute approximate surface area is 130 Å². The van der Waals surface area contributed by atoms with Gasteiger partial charge < -0.3 is 16.0 Å². The van der Waals surface area contributed by atoms with Crippen molar-refractivity contribution in [2.75, 3.05) is 18.9 Å². The first-order valence-corrected chi connectivity index (χ1v) is 7.34. The number of amides is 2. The van der Waals surface area contributed by atoms with Gasteiger partial charge in [-0.3, -0.25) is 9.59 Å². The first-order valence-electron chi connectivity index (χ1n) is 6.96. The average Bonchev–Trinajstić information content (AvgIpc) is 2.45. The Bertz CT molecular complexity index is 518. The number of likely N-dealkylation sites (N-methyl/N-ethyl adjacent to an activating group) is 1. The summed E-state index contributed by atoms with van der Waals surface area (Å²) in [4.78, 5) is 24.3. The topological polar surface area (TPSA) is 70.2 Å². The lowest BCUT2D eigenvalue weighted by Crippen LogP contribution is -2.48. The normalized spacial score (nSPS) is 11.9. The molecule has 1 aromatic carbocycles. The second-order valence-electron chi connectivity index (χ2n) is 5.03. The molecule has 0 aliphatic carbocycles. The van der Waals surface area contributed by atoms with Crippen molar-refractivity contribution in [2.45, 2.75) is 26.8 Å². The summed E-state index contributed by atoms with van der Waals surface area (Å²) in [6.07, 6.45) is 0. The molecule has 0 fully saturated rings. The Kier molecular flexibility index (Phi) is 6.49. The summed E-state index contributed by atoms with van der Waals surface area (Å²) in [5.74, 6) is -0.559. The van der Waals surface area contributed by atoms with E-state index in [1.54, 1.807) is 25.2 Å². The third-order valence-electron chi connectivity index (χ3n) is 3.08. The zero-order chi connectivity index (χ0) is 16.0. The van der Waals surface area contributed by atoms with Crippen molar-refractivity contribution in [3.63, 3.8) is 0 Å². The van der Waals surface area contributed by atoms with Gasteiger partial charge in [0.05, 0.1) is 5.56 Å². The molecule has 3 N–H and O–H groups in total. The van der Waals surface area contributed by atoms with E-state index < -0.39 is 6.04 Å². The number of benzene rings is 1. The Morgan fingerprint density at radius 1 is 1.29 bits per heavy atom. The summed E-state index contributed by atoms with van der Waals surface area (Å²) in [7, 11) is 1.55. The van der Waals surface area contributed by atoms with E-state index in [1.165, 1.54) is 0 Å².